The maximum atomic E-state index is 12.0. The maximum absolute atomic E-state index is 12.0. The van der Waals surface area contributed by atoms with Crippen LogP contribution in [0.5, 0.6) is 0 Å². The Bertz CT molecular complexity index is 523. The van der Waals surface area contributed by atoms with E-state index in [-0.39, 0.29) is 22.7 Å². The van der Waals surface area contributed by atoms with E-state index in [1.54, 1.807) is 6.92 Å². The molecular formula is C13H18N2O4S. The first-order chi connectivity index (χ1) is 9.58. The lowest BCUT2D eigenvalue weighted by Gasteiger charge is -2.06. The third-order valence-electron chi connectivity index (χ3n) is 3.04. The standard InChI is InChI=1S/C13H18N2O4S/c1-3-19-12(16)8-9(14)10(13(17)18-2)20-11(8)15-6-7-4-5-7/h7,15H,3-6,14H2,1-2H3. The van der Waals surface area contributed by atoms with Crippen molar-refractivity contribution in [3.8, 4) is 0 Å². The molecule has 3 N–H and O–H groups in total. The molecule has 1 aromatic rings. The molecule has 0 unspecified atom stereocenters. The van der Waals surface area contributed by atoms with Crippen LogP contribution < -0.4 is 11.1 Å². The number of hydrogen-bond donors (Lipinski definition) is 2. The van der Waals surface area contributed by atoms with Crippen LogP contribution in [0.1, 0.15) is 39.8 Å². The fourth-order valence-electron chi connectivity index (χ4n) is 1.78. The van der Waals surface area contributed by atoms with Gasteiger partial charge in [0.2, 0.25) is 0 Å². The van der Waals surface area contributed by atoms with Crippen molar-refractivity contribution >= 4 is 34.0 Å². The molecule has 1 aliphatic carbocycles. The number of methoxy groups -OCH3 is 1. The predicted molar refractivity (Wildman–Crippen MR) is 77.2 cm³/mol. The summed E-state index contributed by atoms with van der Waals surface area (Å²) in [4.78, 5) is 23.9. The van der Waals surface area contributed by atoms with Crippen molar-refractivity contribution in [3.63, 3.8) is 0 Å². The van der Waals surface area contributed by atoms with Gasteiger partial charge in [0.1, 0.15) is 15.4 Å². The van der Waals surface area contributed by atoms with E-state index in [2.05, 4.69) is 10.1 Å². The van der Waals surface area contributed by atoms with E-state index in [1.807, 2.05) is 0 Å². The Morgan fingerprint density at radius 1 is 1.40 bits per heavy atom. The van der Waals surface area contributed by atoms with Crippen LogP contribution in [0.3, 0.4) is 0 Å². The lowest BCUT2D eigenvalue weighted by molar-refractivity contribution is 0.0529. The molecule has 110 valence electrons. The lowest BCUT2D eigenvalue weighted by Crippen LogP contribution is -2.11. The van der Waals surface area contributed by atoms with Crippen molar-refractivity contribution in [2.75, 3.05) is 31.3 Å². The number of hydrogen-bond acceptors (Lipinski definition) is 7. The zero-order valence-electron chi connectivity index (χ0n) is 11.5. The molecule has 7 heteroatoms. The molecule has 0 atom stereocenters. The van der Waals surface area contributed by atoms with Gasteiger partial charge in [0, 0.05) is 6.54 Å². The summed E-state index contributed by atoms with van der Waals surface area (Å²) in [5, 5.41) is 3.76. The first kappa shape index (κ1) is 14.6. The Morgan fingerprint density at radius 2 is 2.10 bits per heavy atom. The van der Waals surface area contributed by atoms with E-state index < -0.39 is 11.9 Å². The van der Waals surface area contributed by atoms with Crippen molar-refractivity contribution in [2.45, 2.75) is 19.8 Å². The van der Waals surface area contributed by atoms with Crippen LogP contribution >= 0.6 is 11.3 Å². The van der Waals surface area contributed by atoms with E-state index in [1.165, 1.54) is 20.0 Å². The van der Waals surface area contributed by atoms with Crippen LogP contribution in [0.15, 0.2) is 0 Å². The normalized spacial score (nSPS) is 13.9. The number of thiophene rings is 1. The summed E-state index contributed by atoms with van der Waals surface area (Å²) < 4.78 is 9.67. The highest BCUT2D eigenvalue weighted by molar-refractivity contribution is 7.19. The van der Waals surface area contributed by atoms with Gasteiger partial charge >= 0.3 is 11.9 Å². The fourth-order valence-corrected chi connectivity index (χ4v) is 2.81. The summed E-state index contributed by atoms with van der Waals surface area (Å²) in [6, 6.07) is 0. The Morgan fingerprint density at radius 3 is 2.65 bits per heavy atom. The third-order valence-corrected chi connectivity index (χ3v) is 4.19. The quantitative estimate of drug-likeness (QED) is 0.782. The van der Waals surface area contributed by atoms with Gasteiger partial charge < -0.3 is 20.5 Å². The fraction of sp³-hybridized carbons (Fsp3) is 0.538. The second kappa shape index (κ2) is 6.13. The molecule has 1 aromatic heterocycles. The third kappa shape index (κ3) is 3.04. The topological polar surface area (TPSA) is 90.6 Å². The lowest BCUT2D eigenvalue weighted by atomic mass is 10.2. The van der Waals surface area contributed by atoms with Gasteiger partial charge in [-0.15, -0.1) is 11.3 Å². The SMILES string of the molecule is CCOC(=O)c1c(NCC2CC2)sc(C(=O)OC)c1N. The maximum Gasteiger partial charge on any atom is 0.350 e. The number of carbonyl (C=O) groups excluding carboxylic acids is 2. The van der Waals surface area contributed by atoms with Crippen molar-refractivity contribution in [2.24, 2.45) is 5.92 Å². The number of anilines is 2. The Balaban J connectivity index is 2.29. The molecule has 0 bridgehead atoms. The Kier molecular flexibility index (Phi) is 4.49. The van der Waals surface area contributed by atoms with E-state index in [0.29, 0.717) is 10.9 Å². The highest BCUT2D eigenvalue weighted by atomic mass is 32.1. The number of ether oxygens (including phenoxy) is 2. The highest BCUT2D eigenvalue weighted by Crippen LogP contribution is 2.38. The molecule has 0 saturated heterocycles. The van der Waals surface area contributed by atoms with Crippen LogP contribution in [0.25, 0.3) is 0 Å². The summed E-state index contributed by atoms with van der Waals surface area (Å²) in [7, 11) is 1.28. The summed E-state index contributed by atoms with van der Waals surface area (Å²) in [6.07, 6.45) is 2.37. The number of esters is 2. The number of nitrogens with two attached hydrogens (primary N) is 1. The number of nitrogen functional groups attached to an aromatic ring is 1. The number of carbonyl (C=O) groups is 2. The van der Waals surface area contributed by atoms with Crippen molar-refractivity contribution in [3.05, 3.63) is 10.4 Å². The number of nitrogens with one attached hydrogen (secondary N) is 1. The molecule has 1 aliphatic rings. The largest absolute Gasteiger partial charge is 0.465 e. The van der Waals surface area contributed by atoms with Gasteiger partial charge in [-0.3, -0.25) is 0 Å². The first-order valence-corrected chi connectivity index (χ1v) is 7.31. The van der Waals surface area contributed by atoms with Crippen LogP contribution in [-0.2, 0) is 9.47 Å². The van der Waals surface area contributed by atoms with Crippen molar-refractivity contribution < 1.29 is 19.1 Å². The van der Waals surface area contributed by atoms with Crippen LogP contribution in [0.4, 0.5) is 10.7 Å². The van der Waals surface area contributed by atoms with Gasteiger partial charge in [-0.1, -0.05) is 0 Å². The minimum atomic E-state index is -0.544. The molecular weight excluding hydrogens is 280 g/mol. The monoisotopic (exact) mass is 298 g/mol. The van der Waals surface area contributed by atoms with Crippen molar-refractivity contribution in [1.29, 1.82) is 0 Å². The average Bonchev–Trinajstić information content (AvgIpc) is 3.19. The summed E-state index contributed by atoms with van der Waals surface area (Å²) >= 11 is 1.13. The van der Waals surface area contributed by atoms with E-state index in [0.717, 1.165) is 17.9 Å². The Labute approximate surface area is 121 Å². The minimum absolute atomic E-state index is 0.124. The molecule has 2 rings (SSSR count). The molecule has 0 amide bonds. The van der Waals surface area contributed by atoms with Crippen LogP contribution in [0, 0.1) is 5.92 Å². The molecule has 0 radical (unpaired) electrons. The van der Waals surface area contributed by atoms with Crippen LogP contribution in [0.2, 0.25) is 0 Å². The van der Waals surface area contributed by atoms with Gasteiger partial charge in [-0.05, 0) is 25.7 Å². The highest BCUT2D eigenvalue weighted by Gasteiger charge is 2.28. The number of rotatable bonds is 6. The van der Waals surface area contributed by atoms with Crippen LogP contribution in [-0.4, -0.2) is 32.2 Å². The van der Waals surface area contributed by atoms with Gasteiger partial charge in [0.05, 0.1) is 19.4 Å². The smallest absolute Gasteiger partial charge is 0.350 e. The molecule has 0 aliphatic heterocycles. The molecule has 1 saturated carbocycles. The van der Waals surface area contributed by atoms with E-state index in [9.17, 15) is 9.59 Å². The second-order valence-electron chi connectivity index (χ2n) is 4.59. The molecule has 0 spiro atoms. The van der Waals surface area contributed by atoms with Gasteiger partial charge in [-0.2, -0.15) is 0 Å². The summed E-state index contributed by atoms with van der Waals surface area (Å²) in [6.45, 7) is 2.75. The molecule has 1 heterocycles. The minimum Gasteiger partial charge on any atom is -0.465 e. The zero-order chi connectivity index (χ0) is 14.7. The van der Waals surface area contributed by atoms with Crippen molar-refractivity contribution in [1.82, 2.24) is 0 Å². The van der Waals surface area contributed by atoms with Gasteiger partial charge in [0.25, 0.3) is 0 Å². The Hall–Kier alpha value is -1.76. The zero-order valence-corrected chi connectivity index (χ0v) is 12.3. The first-order valence-electron chi connectivity index (χ1n) is 6.50. The average molecular weight is 298 g/mol. The predicted octanol–water partition coefficient (Wildman–Crippen LogP) is 2.12. The second-order valence-corrected chi connectivity index (χ2v) is 5.61. The molecule has 1 fully saturated rings. The van der Waals surface area contributed by atoms with E-state index >= 15 is 0 Å². The summed E-state index contributed by atoms with van der Waals surface area (Å²) in [5.41, 5.74) is 6.26. The van der Waals surface area contributed by atoms with Gasteiger partial charge in [-0.25, -0.2) is 9.59 Å². The molecule has 0 aromatic carbocycles. The van der Waals surface area contributed by atoms with Gasteiger partial charge in [0.15, 0.2) is 0 Å². The van der Waals surface area contributed by atoms with E-state index in [4.69, 9.17) is 10.5 Å². The molecule has 20 heavy (non-hydrogen) atoms. The summed E-state index contributed by atoms with van der Waals surface area (Å²) in [5.74, 6) is -0.429. The molecule has 6 nitrogen and oxygen atoms in total.